The number of fused-ring (bicyclic) bond motifs is 4. The second-order valence-corrected chi connectivity index (χ2v) is 6.99. The number of nitrogens with zero attached hydrogens (tertiary/aromatic N) is 3. The van der Waals surface area contributed by atoms with Gasteiger partial charge in [0.05, 0.1) is 17.3 Å². The van der Waals surface area contributed by atoms with Crippen molar-refractivity contribution in [2.24, 2.45) is 5.10 Å². The van der Waals surface area contributed by atoms with E-state index in [-0.39, 0.29) is 11.6 Å². The maximum Gasteiger partial charge on any atom is 0.196 e. The van der Waals surface area contributed by atoms with Crippen LogP contribution >= 0.6 is 0 Å². The zero-order chi connectivity index (χ0) is 20.7. The molecule has 144 valence electrons. The van der Waals surface area contributed by atoms with E-state index in [1.54, 1.807) is 49.5 Å². The normalized spacial score (nSPS) is 12.8. The minimum Gasteiger partial charge on any atom is -0.289 e. The number of aromatic nitrogens is 2. The van der Waals surface area contributed by atoms with Gasteiger partial charge in [-0.3, -0.25) is 15.0 Å². The molecule has 0 radical (unpaired) electrons. The molecule has 3 aromatic carbocycles. The molecule has 5 rings (SSSR count). The Balaban J connectivity index is 1.63. The number of benzene rings is 3. The van der Waals surface area contributed by atoms with Crippen molar-refractivity contribution in [2.75, 3.05) is 5.43 Å². The number of hydrazone groups is 1. The molecule has 1 N–H and O–H groups in total. The fourth-order valence-corrected chi connectivity index (χ4v) is 3.68. The molecular formula is C24H16N4O2. The molecular weight excluding hydrogens is 376 g/mol. The van der Waals surface area contributed by atoms with E-state index in [2.05, 4.69) is 20.5 Å². The summed E-state index contributed by atoms with van der Waals surface area (Å²) < 4.78 is 0. The number of aryl methyl sites for hydroxylation is 1. The third kappa shape index (κ3) is 2.86. The Labute approximate surface area is 172 Å². The Morgan fingerprint density at radius 3 is 2.27 bits per heavy atom. The maximum absolute atomic E-state index is 13.2. The standard InChI is InChI=1S/C24H16N4O2/c1-14-26-21-19(24(27-14)28-25-13-15-7-3-2-4-8-15)12-11-18-20(21)23(30)17-10-6-5-9-16(17)22(18)29/h2-13H,1H3,(H,26,27,28)/b25-13+. The first-order valence-electron chi connectivity index (χ1n) is 9.47. The fraction of sp³-hybridized carbons (Fsp3) is 0.0417. The third-order valence-electron chi connectivity index (χ3n) is 5.05. The van der Waals surface area contributed by atoms with Crippen LogP contribution in [0.1, 0.15) is 43.2 Å². The highest BCUT2D eigenvalue weighted by Crippen LogP contribution is 2.33. The van der Waals surface area contributed by atoms with Crippen molar-refractivity contribution >= 4 is 34.5 Å². The molecule has 0 saturated heterocycles. The molecule has 0 saturated carbocycles. The summed E-state index contributed by atoms with van der Waals surface area (Å²) in [5, 5.41) is 4.90. The van der Waals surface area contributed by atoms with Gasteiger partial charge in [-0.15, -0.1) is 0 Å². The van der Waals surface area contributed by atoms with E-state index in [1.165, 1.54) is 0 Å². The van der Waals surface area contributed by atoms with E-state index >= 15 is 0 Å². The lowest BCUT2D eigenvalue weighted by Crippen LogP contribution is -2.21. The van der Waals surface area contributed by atoms with Gasteiger partial charge in [-0.1, -0.05) is 54.6 Å². The molecule has 0 unspecified atom stereocenters. The predicted molar refractivity (Wildman–Crippen MR) is 115 cm³/mol. The van der Waals surface area contributed by atoms with Crippen LogP contribution in [0.15, 0.2) is 71.8 Å². The summed E-state index contributed by atoms with van der Waals surface area (Å²) in [6.45, 7) is 1.74. The van der Waals surface area contributed by atoms with Crippen LogP contribution < -0.4 is 5.43 Å². The van der Waals surface area contributed by atoms with Gasteiger partial charge in [0.15, 0.2) is 17.4 Å². The number of ketones is 2. The first-order valence-corrected chi connectivity index (χ1v) is 9.47. The van der Waals surface area contributed by atoms with Crippen LogP contribution in [0.25, 0.3) is 10.9 Å². The first kappa shape index (κ1) is 17.9. The van der Waals surface area contributed by atoms with Crippen LogP contribution in [0.3, 0.4) is 0 Å². The van der Waals surface area contributed by atoms with Crippen molar-refractivity contribution in [3.8, 4) is 0 Å². The molecule has 0 aliphatic heterocycles. The number of carbonyl (C=O) groups is 2. The van der Waals surface area contributed by atoms with E-state index in [0.717, 1.165) is 5.56 Å². The van der Waals surface area contributed by atoms with Gasteiger partial charge in [0.25, 0.3) is 0 Å². The highest BCUT2D eigenvalue weighted by atomic mass is 16.1. The molecule has 0 fully saturated rings. The van der Waals surface area contributed by atoms with E-state index in [4.69, 9.17) is 0 Å². The van der Waals surface area contributed by atoms with Crippen LogP contribution in [0, 0.1) is 6.92 Å². The number of hydrogen-bond acceptors (Lipinski definition) is 6. The summed E-state index contributed by atoms with van der Waals surface area (Å²) in [6.07, 6.45) is 1.69. The SMILES string of the molecule is Cc1nc(N/N=C/c2ccccc2)c2ccc3c(c2n1)C(=O)c1ccccc1C3=O. The summed E-state index contributed by atoms with van der Waals surface area (Å²) in [5.74, 6) is 0.580. The van der Waals surface area contributed by atoms with E-state index in [1.807, 2.05) is 30.3 Å². The Kier molecular flexibility index (Phi) is 4.17. The first-order chi connectivity index (χ1) is 14.6. The van der Waals surface area contributed by atoms with Gasteiger partial charge in [0, 0.05) is 22.1 Å². The molecule has 6 nitrogen and oxygen atoms in total. The fourth-order valence-electron chi connectivity index (χ4n) is 3.68. The highest BCUT2D eigenvalue weighted by Gasteiger charge is 2.32. The number of hydrogen-bond donors (Lipinski definition) is 1. The van der Waals surface area contributed by atoms with Gasteiger partial charge in [0.2, 0.25) is 0 Å². The molecule has 0 bridgehead atoms. The van der Waals surface area contributed by atoms with Crippen molar-refractivity contribution < 1.29 is 9.59 Å². The van der Waals surface area contributed by atoms with Crippen LogP contribution in [-0.2, 0) is 0 Å². The van der Waals surface area contributed by atoms with Crippen LogP contribution in [0.2, 0.25) is 0 Å². The molecule has 4 aromatic rings. The minimum atomic E-state index is -0.206. The van der Waals surface area contributed by atoms with Crippen molar-refractivity contribution in [1.29, 1.82) is 0 Å². The molecule has 30 heavy (non-hydrogen) atoms. The van der Waals surface area contributed by atoms with Gasteiger partial charge in [-0.2, -0.15) is 5.10 Å². The van der Waals surface area contributed by atoms with Crippen LogP contribution in [0.5, 0.6) is 0 Å². The van der Waals surface area contributed by atoms with Gasteiger partial charge in [-0.05, 0) is 24.6 Å². The molecule has 0 amide bonds. The Morgan fingerprint density at radius 2 is 1.50 bits per heavy atom. The molecule has 0 atom stereocenters. The van der Waals surface area contributed by atoms with Gasteiger partial charge < -0.3 is 0 Å². The van der Waals surface area contributed by atoms with Crippen molar-refractivity contribution in [3.63, 3.8) is 0 Å². The van der Waals surface area contributed by atoms with Gasteiger partial charge in [-0.25, -0.2) is 9.97 Å². The van der Waals surface area contributed by atoms with E-state index < -0.39 is 0 Å². The number of rotatable bonds is 3. The molecule has 1 aliphatic carbocycles. The Bertz CT molecular complexity index is 1360. The summed E-state index contributed by atoms with van der Waals surface area (Å²) in [6, 6.07) is 20.0. The predicted octanol–water partition coefficient (Wildman–Crippen LogP) is 4.16. The quantitative estimate of drug-likeness (QED) is 0.368. The molecule has 0 spiro atoms. The Hall–Kier alpha value is -4.19. The Morgan fingerprint density at radius 1 is 0.800 bits per heavy atom. The van der Waals surface area contributed by atoms with Crippen molar-refractivity contribution in [3.05, 3.63) is 100 Å². The number of carbonyl (C=O) groups excluding carboxylic acids is 2. The van der Waals surface area contributed by atoms with E-state index in [9.17, 15) is 9.59 Å². The lowest BCUT2D eigenvalue weighted by Gasteiger charge is -2.19. The average molecular weight is 392 g/mol. The molecule has 6 heteroatoms. The maximum atomic E-state index is 13.2. The second kappa shape index (κ2) is 7.00. The topological polar surface area (TPSA) is 84.3 Å². The number of nitrogens with one attached hydrogen (secondary N) is 1. The van der Waals surface area contributed by atoms with Crippen LogP contribution in [-0.4, -0.2) is 27.7 Å². The molecule has 1 heterocycles. The summed E-state index contributed by atoms with van der Waals surface area (Å²) in [4.78, 5) is 35.1. The minimum absolute atomic E-state index is 0.171. The largest absolute Gasteiger partial charge is 0.289 e. The average Bonchev–Trinajstić information content (AvgIpc) is 2.77. The lowest BCUT2D eigenvalue weighted by atomic mass is 9.83. The van der Waals surface area contributed by atoms with Gasteiger partial charge in [0.1, 0.15) is 5.82 Å². The molecule has 1 aromatic heterocycles. The smallest absolute Gasteiger partial charge is 0.196 e. The number of anilines is 1. The zero-order valence-corrected chi connectivity index (χ0v) is 16.1. The highest BCUT2D eigenvalue weighted by molar-refractivity contribution is 6.32. The van der Waals surface area contributed by atoms with Crippen molar-refractivity contribution in [1.82, 2.24) is 9.97 Å². The lowest BCUT2D eigenvalue weighted by molar-refractivity contribution is 0.0980. The summed E-state index contributed by atoms with van der Waals surface area (Å²) in [5.41, 5.74) is 5.84. The van der Waals surface area contributed by atoms with E-state index in [0.29, 0.717) is 44.8 Å². The summed E-state index contributed by atoms with van der Waals surface area (Å²) in [7, 11) is 0. The third-order valence-corrected chi connectivity index (χ3v) is 5.05. The second-order valence-electron chi connectivity index (χ2n) is 6.99. The zero-order valence-electron chi connectivity index (χ0n) is 16.1. The van der Waals surface area contributed by atoms with Gasteiger partial charge >= 0.3 is 0 Å². The summed E-state index contributed by atoms with van der Waals surface area (Å²) >= 11 is 0. The van der Waals surface area contributed by atoms with Crippen molar-refractivity contribution in [2.45, 2.75) is 6.92 Å². The monoisotopic (exact) mass is 392 g/mol. The molecule has 1 aliphatic rings. The van der Waals surface area contributed by atoms with Crippen LogP contribution in [0.4, 0.5) is 5.82 Å².